The Morgan fingerprint density at radius 3 is 2.33 bits per heavy atom. The van der Waals surface area contributed by atoms with Gasteiger partial charge in [0.15, 0.2) is 0 Å². The van der Waals surface area contributed by atoms with Crippen molar-refractivity contribution in [2.75, 3.05) is 6.54 Å². The summed E-state index contributed by atoms with van der Waals surface area (Å²) in [5.41, 5.74) is 3.62. The number of aromatic nitrogens is 1. The fourth-order valence-electron chi connectivity index (χ4n) is 4.74. The highest BCUT2D eigenvalue weighted by atomic mass is 32.2. The summed E-state index contributed by atoms with van der Waals surface area (Å²) in [7, 11) is -3.83. The van der Waals surface area contributed by atoms with E-state index in [1.165, 1.54) is 0 Å². The van der Waals surface area contributed by atoms with E-state index >= 15 is 0 Å². The minimum atomic E-state index is -3.83. The Kier molecular flexibility index (Phi) is 7.06. The zero-order valence-electron chi connectivity index (χ0n) is 19.7. The number of benzene rings is 3. The maximum Gasteiger partial charge on any atom is 0.410 e. The van der Waals surface area contributed by atoms with Crippen molar-refractivity contribution in [1.29, 1.82) is 0 Å². The molecular formula is C28H28N2O5S. The third kappa shape index (κ3) is 5.78. The molecule has 4 aromatic rings. The lowest BCUT2D eigenvalue weighted by atomic mass is 10.0. The third-order valence-electron chi connectivity index (χ3n) is 6.42. The Morgan fingerprint density at radius 2 is 1.58 bits per heavy atom. The predicted octanol–water partition coefficient (Wildman–Crippen LogP) is 5.04. The highest BCUT2D eigenvalue weighted by Crippen LogP contribution is 2.29. The summed E-state index contributed by atoms with van der Waals surface area (Å²) in [6.07, 6.45) is 1.78. The van der Waals surface area contributed by atoms with Crippen LogP contribution in [0.25, 0.3) is 10.9 Å². The summed E-state index contributed by atoms with van der Waals surface area (Å²) < 4.78 is 36.8. The molecule has 5 rings (SSSR count). The Labute approximate surface area is 210 Å². The van der Waals surface area contributed by atoms with Gasteiger partial charge in [-0.15, -0.1) is 0 Å². The summed E-state index contributed by atoms with van der Waals surface area (Å²) >= 11 is 0. The van der Waals surface area contributed by atoms with E-state index in [-0.39, 0.29) is 24.9 Å². The van der Waals surface area contributed by atoms with Crippen molar-refractivity contribution in [2.45, 2.75) is 37.3 Å². The highest BCUT2D eigenvalue weighted by Gasteiger charge is 2.39. The number of carbonyl (C=O) groups is 1. The SMILES string of the molecule is O=C(OCc1ccccc1)N1C[C@H](OS(=O)(=O)Cc2ccccc2)C[C@H]1Cc1c[nH]c2ccccc12. The molecule has 1 aliphatic heterocycles. The fourth-order valence-corrected chi connectivity index (χ4v) is 5.96. The van der Waals surface area contributed by atoms with Crippen LogP contribution in [0, 0.1) is 0 Å². The molecule has 0 unspecified atom stereocenters. The van der Waals surface area contributed by atoms with Gasteiger partial charge in [0, 0.05) is 23.1 Å². The number of rotatable bonds is 8. The quantitative estimate of drug-likeness (QED) is 0.340. The second-order valence-corrected chi connectivity index (χ2v) is 10.6. The van der Waals surface area contributed by atoms with Gasteiger partial charge in [-0.25, -0.2) is 4.79 Å². The van der Waals surface area contributed by atoms with Crippen LogP contribution in [0.2, 0.25) is 0 Å². The van der Waals surface area contributed by atoms with Crippen LogP contribution in [-0.4, -0.2) is 43.1 Å². The van der Waals surface area contributed by atoms with Gasteiger partial charge >= 0.3 is 6.09 Å². The van der Waals surface area contributed by atoms with Gasteiger partial charge in [0.25, 0.3) is 10.1 Å². The number of hydrogen-bond donors (Lipinski definition) is 1. The highest BCUT2D eigenvalue weighted by molar-refractivity contribution is 7.85. The molecule has 1 aromatic heterocycles. The molecule has 7 nitrogen and oxygen atoms in total. The number of H-pyrrole nitrogens is 1. The van der Waals surface area contributed by atoms with E-state index in [1.807, 2.05) is 66.9 Å². The number of ether oxygens (including phenoxy) is 1. The van der Waals surface area contributed by atoms with Crippen LogP contribution >= 0.6 is 0 Å². The van der Waals surface area contributed by atoms with Gasteiger partial charge in [-0.05, 0) is 35.6 Å². The monoisotopic (exact) mass is 504 g/mol. The van der Waals surface area contributed by atoms with Crippen LogP contribution in [0.5, 0.6) is 0 Å². The Morgan fingerprint density at radius 1 is 0.917 bits per heavy atom. The second kappa shape index (κ2) is 10.6. The molecule has 186 valence electrons. The number of aromatic amines is 1. The number of nitrogens with zero attached hydrogens (tertiary/aromatic N) is 1. The standard InChI is InChI=1S/C28H28N2O5S/c31-28(34-19-21-9-3-1-4-10-21)30-18-25(35-36(32,33)20-22-11-5-2-6-12-22)16-24(30)15-23-17-29-27-14-8-7-13-26(23)27/h1-14,17,24-25,29H,15-16,18-20H2/t24-,25-/m1/s1. The topological polar surface area (TPSA) is 88.7 Å². The summed E-state index contributed by atoms with van der Waals surface area (Å²) in [6.45, 7) is 0.294. The number of hydrogen-bond acceptors (Lipinski definition) is 5. The Hall–Kier alpha value is -3.62. The molecule has 0 spiro atoms. The molecule has 0 bridgehead atoms. The summed E-state index contributed by atoms with van der Waals surface area (Å²) in [5, 5.41) is 1.08. The fraction of sp³-hybridized carbons (Fsp3) is 0.250. The Bertz CT molecular complexity index is 1420. The van der Waals surface area contributed by atoms with Gasteiger partial charge in [0.05, 0.1) is 12.6 Å². The van der Waals surface area contributed by atoms with E-state index in [9.17, 15) is 13.2 Å². The zero-order valence-corrected chi connectivity index (χ0v) is 20.6. The van der Waals surface area contributed by atoms with Crippen LogP contribution in [0.15, 0.2) is 91.1 Å². The molecule has 2 heterocycles. The van der Waals surface area contributed by atoms with E-state index in [1.54, 1.807) is 29.2 Å². The molecule has 0 radical (unpaired) electrons. The first-order valence-electron chi connectivity index (χ1n) is 11.9. The molecule has 3 aromatic carbocycles. The summed E-state index contributed by atoms with van der Waals surface area (Å²) in [5.74, 6) is -0.212. The first kappa shape index (κ1) is 24.1. The molecule has 2 atom stereocenters. The van der Waals surface area contributed by atoms with E-state index in [4.69, 9.17) is 8.92 Å². The van der Waals surface area contributed by atoms with Gasteiger partial charge < -0.3 is 14.6 Å². The third-order valence-corrected chi connectivity index (χ3v) is 7.67. The summed E-state index contributed by atoms with van der Waals surface area (Å²) in [4.78, 5) is 18.0. The maximum atomic E-state index is 13.1. The minimum absolute atomic E-state index is 0.147. The van der Waals surface area contributed by atoms with E-state index in [0.29, 0.717) is 18.4 Å². The van der Waals surface area contributed by atoms with Crippen molar-refractivity contribution in [3.05, 3.63) is 108 Å². The average molecular weight is 505 g/mol. The number of fused-ring (bicyclic) bond motifs is 1. The van der Waals surface area contributed by atoms with E-state index < -0.39 is 22.3 Å². The number of para-hydroxylation sites is 1. The van der Waals surface area contributed by atoms with Gasteiger partial charge in [-0.2, -0.15) is 8.42 Å². The van der Waals surface area contributed by atoms with Crippen molar-refractivity contribution < 1.29 is 22.1 Å². The number of carbonyl (C=O) groups excluding carboxylic acids is 1. The van der Waals surface area contributed by atoms with Crippen LogP contribution in [0.3, 0.4) is 0 Å². The van der Waals surface area contributed by atoms with Crippen molar-refractivity contribution in [1.82, 2.24) is 9.88 Å². The lowest BCUT2D eigenvalue weighted by Gasteiger charge is -2.23. The average Bonchev–Trinajstić information content (AvgIpc) is 3.47. The molecule has 1 fully saturated rings. The lowest BCUT2D eigenvalue weighted by molar-refractivity contribution is 0.0891. The lowest BCUT2D eigenvalue weighted by Crippen LogP contribution is -2.37. The second-order valence-electron chi connectivity index (χ2n) is 9.05. The molecular weight excluding hydrogens is 476 g/mol. The number of amides is 1. The maximum absolute atomic E-state index is 13.1. The molecule has 0 saturated carbocycles. The molecule has 36 heavy (non-hydrogen) atoms. The van der Waals surface area contributed by atoms with Gasteiger partial charge in [0.1, 0.15) is 12.4 Å². The molecule has 1 saturated heterocycles. The van der Waals surface area contributed by atoms with Crippen molar-refractivity contribution in [3.8, 4) is 0 Å². The molecule has 1 aliphatic rings. The van der Waals surface area contributed by atoms with Crippen molar-refractivity contribution >= 4 is 27.1 Å². The largest absolute Gasteiger partial charge is 0.445 e. The smallest absolute Gasteiger partial charge is 0.410 e. The van der Waals surface area contributed by atoms with Gasteiger partial charge in [-0.3, -0.25) is 4.18 Å². The van der Waals surface area contributed by atoms with Gasteiger partial charge in [0.2, 0.25) is 0 Å². The Balaban J connectivity index is 1.32. The molecule has 8 heteroatoms. The predicted molar refractivity (Wildman–Crippen MR) is 138 cm³/mol. The van der Waals surface area contributed by atoms with Crippen molar-refractivity contribution in [3.63, 3.8) is 0 Å². The van der Waals surface area contributed by atoms with Gasteiger partial charge in [-0.1, -0.05) is 78.9 Å². The van der Waals surface area contributed by atoms with Crippen LogP contribution in [0.1, 0.15) is 23.1 Å². The number of nitrogens with one attached hydrogen (secondary N) is 1. The first-order valence-corrected chi connectivity index (χ1v) is 13.5. The zero-order chi connectivity index (χ0) is 25.0. The summed E-state index contributed by atoms with van der Waals surface area (Å²) in [6, 6.07) is 26.1. The molecule has 0 aliphatic carbocycles. The minimum Gasteiger partial charge on any atom is -0.445 e. The van der Waals surface area contributed by atoms with Crippen LogP contribution < -0.4 is 0 Å². The van der Waals surface area contributed by atoms with Crippen molar-refractivity contribution in [2.24, 2.45) is 0 Å². The first-order chi connectivity index (χ1) is 17.5. The van der Waals surface area contributed by atoms with E-state index in [0.717, 1.165) is 22.0 Å². The van der Waals surface area contributed by atoms with E-state index in [2.05, 4.69) is 4.98 Å². The normalized spacial score (nSPS) is 17.9. The number of likely N-dealkylation sites (tertiary alicyclic amines) is 1. The van der Waals surface area contributed by atoms with Crippen LogP contribution in [-0.2, 0) is 37.8 Å². The van der Waals surface area contributed by atoms with Crippen LogP contribution in [0.4, 0.5) is 4.79 Å². The molecule has 1 N–H and O–H groups in total. The molecule has 1 amide bonds.